The highest BCUT2D eigenvalue weighted by Gasteiger charge is 2.33. The van der Waals surface area contributed by atoms with Crippen molar-refractivity contribution in [2.75, 3.05) is 6.61 Å². The summed E-state index contributed by atoms with van der Waals surface area (Å²) < 4.78 is 5.21. The summed E-state index contributed by atoms with van der Waals surface area (Å²) in [6, 6.07) is -0.403. The average Bonchev–Trinajstić information content (AvgIpc) is 2.71. The van der Waals surface area contributed by atoms with Crippen molar-refractivity contribution < 1.29 is 19.1 Å². The van der Waals surface area contributed by atoms with E-state index in [1.807, 2.05) is 13.8 Å². The van der Waals surface area contributed by atoms with E-state index in [1.165, 1.54) is 17.1 Å². The molecule has 1 unspecified atom stereocenters. The fourth-order valence-electron chi connectivity index (χ4n) is 2.07. The Kier molecular flexibility index (Phi) is 6.42. The van der Waals surface area contributed by atoms with Gasteiger partial charge in [-0.3, -0.25) is 19.3 Å². The molecule has 20 heavy (non-hydrogen) atoms. The highest BCUT2D eigenvalue weighted by molar-refractivity contribution is 6.13. The smallest absolute Gasteiger partial charge is 0.305 e. The van der Waals surface area contributed by atoms with Gasteiger partial charge in [-0.1, -0.05) is 33.6 Å². The summed E-state index contributed by atoms with van der Waals surface area (Å²) in [6.45, 7) is 5.93. The van der Waals surface area contributed by atoms with Gasteiger partial charge in [0.15, 0.2) is 0 Å². The summed E-state index contributed by atoms with van der Waals surface area (Å²) in [5, 5.41) is 0. The van der Waals surface area contributed by atoms with Crippen molar-refractivity contribution in [1.29, 1.82) is 0 Å². The van der Waals surface area contributed by atoms with Gasteiger partial charge in [-0.05, 0) is 12.3 Å². The topological polar surface area (TPSA) is 63.7 Å². The minimum Gasteiger partial charge on any atom is -0.463 e. The Morgan fingerprint density at radius 2 is 1.80 bits per heavy atom. The first kappa shape index (κ1) is 16.4. The van der Waals surface area contributed by atoms with Crippen LogP contribution >= 0.6 is 0 Å². The van der Waals surface area contributed by atoms with Crippen LogP contribution in [0.25, 0.3) is 0 Å². The number of hydrogen-bond acceptors (Lipinski definition) is 4. The van der Waals surface area contributed by atoms with E-state index < -0.39 is 6.04 Å². The third-order valence-corrected chi connectivity index (χ3v) is 3.34. The maximum Gasteiger partial charge on any atom is 0.305 e. The van der Waals surface area contributed by atoms with Crippen molar-refractivity contribution >= 4 is 17.8 Å². The second-order valence-corrected chi connectivity index (χ2v) is 5.33. The van der Waals surface area contributed by atoms with Crippen LogP contribution in [-0.4, -0.2) is 35.3 Å². The fourth-order valence-corrected chi connectivity index (χ4v) is 2.07. The zero-order valence-corrected chi connectivity index (χ0v) is 12.4. The number of carbonyl (C=O) groups is 3. The first-order valence-corrected chi connectivity index (χ1v) is 7.18. The minimum absolute atomic E-state index is 0.0336. The molecule has 0 aromatic heterocycles. The van der Waals surface area contributed by atoms with Gasteiger partial charge in [-0.15, -0.1) is 0 Å². The number of unbranched alkanes of at least 4 members (excludes halogenated alkanes) is 2. The second-order valence-electron chi connectivity index (χ2n) is 5.33. The molecule has 0 saturated carbocycles. The molecular formula is C15H23NO4. The van der Waals surface area contributed by atoms with Crippen LogP contribution in [0.2, 0.25) is 0 Å². The number of rotatable bonds is 8. The zero-order chi connectivity index (χ0) is 15.1. The van der Waals surface area contributed by atoms with Gasteiger partial charge in [0.05, 0.1) is 6.04 Å². The molecule has 0 saturated heterocycles. The van der Waals surface area contributed by atoms with E-state index >= 15 is 0 Å². The van der Waals surface area contributed by atoms with Gasteiger partial charge in [0.2, 0.25) is 0 Å². The standard InChI is InChI=1S/C15H23NO4/c1-4-5-6-7-15(19)20-10-12(11(2)3)16-13(17)8-9-14(16)18/h8-9,11-12H,4-7,10H2,1-3H3. The summed E-state index contributed by atoms with van der Waals surface area (Å²) in [6.07, 6.45) is 5.74. The van der Waals surface area contributed by atoms with Crippen molar-refractivity contribution in [1.82, 2.24) is 4.90 Å². The highest BCUT2D eigenvalue weighted by atomic mass is 16.5. The number of esters is 1. The van der Waals surface area contributed by atoms with Crippen molar-refractivity contribution in [3.63, 3.8) is 0 Å². The lowest BCUT2D eigenvalue weighted by Gasteiger charge is -2.28. The van der Waals surface area contributed by atoms with Crippen LogP contribution in [0.5, 0.6) is 0 Å². The molecule has 1 rings (SSSR count). The Morgan fingerprint density at radius 3 is 2.30 bits per heavy atom. The van der Waals surface area contributed by atoms with Gasteiger partial charge in [0, 0.05) is 18.6 Å². The van der Waals surface area contributed by atoms with Gasteiger partial charge >= 0.3 is 5.97 Å². The van der Waals surface area contributed by atoms with Crippen molar-refractivity contribution in [2.24, 2.45) is 5.92 Å². The van der Waals surface area contributed by atoms with Crippen LogP contribution in [0.1, 0.15) is 46.5 Å². The molecule has 1 aliphatic rings. The Labute approximate surface area is 120 Å². The van der Waals surface area contributed by atoms with Crippen LogP contribution in [-0.2, 0) is 19.1 Å². The Balaban J connectivity index is 2.50. The van der Waals surface area contributed by atoms with E-state index in [-0.39, 0.29) is 30.3 Å². The van der Waals surface area contributed by atoms with Gasteiger partial charge in [-0.2, -0.15) is 0 Å². The zero-order valence-electron chi connectivity index (χ0n) is 12.4. The quantitative estimate of drug-likeness (QED) is 0.388. The number of carbonyl (C=O) groups excluding carboxylic acids is 3. The summed E-state index contributed by atoms with van der Waals surface area (Å²) in [5.41, 5.74) is 0. The highest BCUT2D eigenvalue weighted by Crippen LogP contribution is 2.17. The predicted octanol–water partition coefficient (Wildman–Crippen LogP) is 2.06. The number of hydrogen-bond donors (Lipinski definition) is 0. The molecule has 0 spiro atoms. The maximum atomic E-state index is 11.7. The van der Waals surface area contributed by atoms with Crippen LogP contribution in [0.3, 0.4) is 0 Å². The van der Waals surface area contributed by atoms with Crippen molar-refractivity contribution in [3.8, 4) is 0 Å². The van der Waals surface area contributed by atoms with E-state index in [9.17, 15) is 14.4 Å². The lowest BCUT2D eigenvalue weighted by molar-refractivity contribution is -0.152. The third kappa shape index (κ3) is 4.47. The lowest BCUT2D eigenvalue weighted by Crippen LogP contribution is -2.46. The Bertz CT molecular complexity index is 383. The third-order valence-electron chi connectivity index (χ3n) is 3.34. The fraction of sp³-hybridized carbons (Fsp3) is 0.667. The van der Waals surface area contributed by atoms with Crippen molar-refractivity contribution in [2.45, 2.75) is 52.5 Å². The maximum absolute atomic E-state index is 11.7. The molecular weight excluding hydrogens is 258 g/mol. The van der Waals surface area contributed by atoms with E-state index in [0.29, 0.717) is 6.42 Å². The van der Waals surface area contributed by atoms with E-state index in [2.05, 4.69) is 6.92 Å². The molecule has 1 aliphatic heterocycles. The molecule has 0 bridgehead atoms. The summed E-state index contributed by atoms with van der Waals surface area (Å²) in [5.74, 6) is -0.908. The molecule has 0 aromatic carbocycles. The van der Waals surface area contributed by atoms with Gasteiger partial charge in [0.1, 0.15) is 6.61 Å². The lowest BCUT2D eigenvalue weighted by atomic mass is 10.0. The normalized spacial score (nSPS) is 16.1. The Morgan fingerprint density at radius 1 is 1.20 bits per heavy atom. The first-order valence-electron chi connectivity index (χ1n) is 7.18. The summed E-state index contributed by atoms with van der Waals surface area (Å²) in [7, 11) is 0. The molecule has 1 heterocycles. The predicted molar refractivity (Wildman–Crippen MR) is 74.7 cm³/mol. The molecule has 0 aromatic rings. The van der Waals surface area contributed by atoms with E-state index in [1.54, 1.807) is 0 Å². The SMILES string of the molecule is CCCCCC(=O)OCC(C(C)C)N1C(=O)C=CC1=O. The monoisotopic (exact) mass is 281 g/mol. The molecule has 0 radical (unpaired) electrons. The van der Waals surface area contributed by atoms with Crippen LogP contribution in [0.4, 0.5) is 0 Å². The Hall–Kier alpha value is -1.65. The molecule has 0 fully saturated rings. The van der Waals surface area contributed by atoms with E-state index in [0.717, 1.165) is 19.3 Å². The summed E-state index contributed by atoms with van der Waals surface area (Å²) in [4.78, 5) is 36.1. The summed E-state index contributed by atoms with van der Waals surface area (Å²) >= 11 is 0. The molecule has 1 atom stereocenters. The minimum atomic E-state index is -0.403. The largest absolute Gasteiger partial charge is 0.463 e. The molecule has 0 aliphatic carbocycles. The number of nitrogens with zero attached hydrogens (tertiary/aromatic N) is 1. The van der Waals surface area contributed by atoms with Crippen LogP contribution in [0.15, 0.2) is 12.2 Å². The van der Waals surface area contributed by atoms with Gasteiger partial charge in [0.25, 0.3) is 11.8 Å². The molecule has 112 valence electrons. The number of ether oxygens (including phenoxy) is 1. The average molecular weight is 281 g/mol. The van der Waals surface area contributed by atoms with Gasteiger partial charge < -0.3 is 4.74 Å². The van der Waals surface area contributed by atoms with Crippen LogP contribution in [0, 0.1) is 5.92 Å². The number of amides is 2. The van der Waals surface area contributed by atoms with E-state index in [4.69, 9.17) is 4.74 Å². The first-order chi connectivity index (χ1) is 9.47. The van der Waals surface area contributed by atoms with Gasteiger partial charge in [-0.25, -0.2) is 0 Å². The molecule has 0 N–H and O–H groups in total. The number of imide groups is 1. The van der Waals surface area contributed by atoms with Crippen LogP contribution < -0.4 is 0 Å². The molecule has 5 nitrogen and oxygen atoms in total. The second kappa shape index (κ2) is 7.82. The van der Waals surface area contributed by atoms with Crippen molar-refractivity contribution in [3.05, 3.63) is 12.2 Å². The molecule has 5 heteroatoms. The molecule has 2 amide bonds.